The molecule has 0 saturated heterocycles. The Balaban J connectivity index is 1.72. The van der Waals surface area contributed by atoms with Gasteiger partial charge in [-0.3, -0.25) is 4.79 Å². The van der Waals surface area contributed by atoms with Gasteiger partial charge in [0.15, 0.2) is 0 Å². The summed E-state index contributed by atoms with van der Waals surface area (Å²) in [4.78, 5) is 20.1. The fraction of sp³-hybridized carbons (Fsp3) is 0.259. The topological polar surface area (TPSA) is 38.1 Å². The quantitative estimate of drug-likeness (QED) is 0.314. The van der Waals surface area contributed by atoms with Crippen molar-refractivity contribution in [3.8, 4) is 0 Å². The van der Waals surface area contributed by atoms with Crippen LogP contribution in [-0.2, 0) is 13.1 Å². The molecule has 0 fully saturated rings. The van der Waals surface area contributed by atoms with E-state index in [1.54, 1.807) is 12.1 Å². The molecule has 0 N–H and O–H groups in total. The highest BCUT2D eigenvalue weighted by atomic mass is 35.5. The normalized spacial score (nSPS) is 11.3. The molecule has 33 heavy (non-hydrogen) atoms. The Morgan fingerprint density at radius 2 is 1.88 bits per heavy atom. The Bertz CT molecular complexity index is 1300. The monoisotopic (exact) mass is 463 g/mol. The van der Waals surface area contributed by atoms with E-state index in [9.17, 15) is 9.18 Å². The molecule has 3 aromatic carbocycles. The summed E-state index contributed by atoms with van der Waals surface area (Å²) in [6.07, 6.45) is 0. The molecule has 1 amide bonds. The van der Waals surface area contributed by atoms with Crippen LogP contribution in [0.2, 0.25) is 5.02 Å². The van der Waals surface area contributed by atoms with E-state index in [4.69, 9.17) is 16.6 Å². The van der Waals surface area contributed by atoms with Crippen molar-refractivity contribution in [2.45, 2.75) is 33.9 Å². The number of para-hydroxylation sites is 2. The van der Waals surface area contributed by atoms with Crippen LogP contribution < -0.4 is 0 Å². The molecule has 0 aliphatic carbocycles. The summed E-state index contributed by atoms with van der Waals surface area (Å²) in [6.45, 7) is 7.46. The summed E-state index contributed by atoms with van der Waals surface area (Å²) in [6, 6.07) is 19.8. The molecule has 4 nitrogen and oxygen atoms in total. The molecule has 6 heteroatoms. The number of aromatic nitrogens is 2. The molecule has 170 valence electrons. The first-order chi connectivity index (χ1) is 15.8. The summed E-state index contributed by atoms with van der Waals surface area (Å²) in [5.41, 5.74) is 4.12. The Kier molecular flexibility index (Phi) is 6.80. The highest BCUT2D eigenvalue weighted by Crippen LogP contribution is 2.22. The van der Waals surface area contributed by atoms with Gasteiger partial charge in [0.2, 0.25) is 0 Å². The van der Waals surface area contributed by atoms with Gasteiger partial charge in [-0.2, -0.15) is 0 Å². The molecule has 0 aliphatic rings. The molecule has 4 rings (SSSR count). The lowest BCUT2D eigenvalue weighted by atomic mass is 10.1. The first kappa shape index (κ1) is 23.0. The second kappa shape index (κ2) is 9.75. The van der Waals surface area contributed by atoms with Crippen LogP contribution in [0.1, 0.15) is 41.2 Å². The summed E-state index contributed by atoms with van der Waals surface area (Å²) < 4.78 is 15.9. The van der Waals surface area contributed by atoms with E-state index in [1.807, 2.05) is 54.3 Å². The third-order valence-electron chi connectivity index (χ3n) is 5.59. The SMILES string of the molecule is Cc1ccc(C(=O)N(Cc2nc3ccccc3n2Cc2cccc(F)c2)CC(C)C)cc1Cl. The van der Waals surface area contributed by atoms with Gasteiger partial charge in [-0.25, -0.2) is 9.37 Å². The van der Waals surface area contributed by atoms with Gasteiger partial charge in [0.25, 0.3) is 5.91 Å². The Hall–Kier alpha value is -3.18. The fourth-order valence-electron chi connectivity index (χ4n) is 3.98. The smallest absolute Gasteiger partial charge is 0.254 e. The number of imidazole rings is 1. The number of fused-ring (bicyclic) bond motifs is 1. The predicted octanol–water partition coefficient (Wildman–Crippen LogP) is 6.48. The molecule has 0 unspecified atom stereocenters. The number of amides is 1. The molecule has 0 atom stereocenters. The van der Waals surface area contributed by atoms with Gasteiger partial charge in [-0.1, -0.05) is 55.8 Å². The van der Waals surface area contributed by atoms with Crippen LogP contribution in [0.3, 0.4) is 0 Å². The van der Waals surface area contributed by atoms with Crippen LogP contribution in [-0.4, -0.2) is 26.9 Å². The highest BCUT2D eigenvalue weighted by molar-refractivity contribution is 6.31. The van der Waals surface area contributed by atoms with Crippen molar-refractivity contribution in [1.82, 2.24) is 14.5 Å². The average molecular weight is 464 g/mol. The second-order valence-corrected chi connectivity index (χ2v) is 9.18. The lowest BCUT2D eigenvalue weighted by Crippen LogP contribution is -2.34. The van der Waals surface area contributed by atoms with Gasteiger partial charge in [0.1, 0.15) is 11.6 Å². The van der Waals surface area contributed by atoms with E-state index in [1.165, 1.54) is 12.1 Å². The Labute approximate surface area is 198 Å². The zero-order chi connectivity index (χ0) is 23.5. The standard InChI is InChI=1S/C27H27ClFN3O/c1-18(2)15-31(27(33)21-12-11-19(3)23(28)14-21)17-26-30-24-9-4-5-10-25(24)32(26)16-20-7-6-8-22(29)13-20/h4-14,18H,15-17H2,1-3H3. The molecule has 0 radical (unpaired) electrons. The zero-order valence-electron chi connectivity index (χ0n) is 19.1. The maximum atomic E-state index is 13.8. The molecule has 0 saturated carbocycles. The van der Waals surface area contributed by atoms with Crippen molar-refractivity contribution in [1.29, 1.82) is 0 Å². The van der Waals surface area contributed by atoms with Crippen LogP contribution >= 0.6 is 11.6 Å². The van der Waals surface area contributed by atoms with Gasteiger partial charge in [0.05, 0.1) is 17.6 Å². The predicted molar refractivity (Wildman–Crippen MR) is 131 cm³/mol. The number of aryl methyl sites for hydroxylation is 1. The molecular formula is C27H27ClFN3O. The second-order valence-electron chi connectivity index (χ2n) is 8.78. The van der Waals surface area contributed by atoms with Gasteiger partial charge in [-0.15, -0.1) is 0 Å². The summed E-state index contributed by atoms with van der Waals surface area (Å²) in [5, 5.41) is 0.573. The van der Waals surface area contributed by atoms with E-state index in [2.05, 4.69) is 18.4 Å². The third kappa shape index (κ3) is 5.25. The minimum atomic E-state index is -0.272. The zero-order valence-corrected chi connectivity index (χ0v) is 19.8. The van der Waals surface area contributed by atoms with Gasteiger partial charge < -0.3 is 9.47 Å². The van der Waals surface area contributed by atoms with E-state index < -0.39 is 0 Å². The van der Waals surface area contributed by atoms with E-state index in [-0.39, 0.29) is 17.6 Å². The largest absolute Gasteiger partial charge is 0.331 e. The molecule has 0 aliphatic heterocycles. The van der Waals surface area contributed by atoms with Crippen molar-refractivity contribution < 1.29 is 9.18 Å². The maximum absolute atomic E-state index is 13.8. The number of hydrogen-bond acceptors (Lipinski definition) is 2. The number of carbonyl (C=O) groups excluding carboxylic acids is 1. The van der Waals surface area contributed by atoms with Crippen LogP contribution in [0, 0.1) is 18.7 Å². The molecule has 0 bridgehead atoms. The number of hydrogen-bond donors (Lipinski definition) is 0. The Morgan fingerprint density at radius 3 is 2.61 bits per heavy atom. The van der Waals surface area contributed by atoms with Gasteiger partial charge in [0, 0.05) is 23.7 Å². The number of carbonyl (C=O) groups is 1. The van der Waals surface area contributed by atoms with Crippen LogP contribution in [0.5, 0.6) is 0 Å². The van der Waals surface area contributed by atoms with Gasteiger partial charge in [-0.05, 0) is 60.4 Å². The Morgan fingerprint density at radius 1 is 1.09 bits per heavy atom. The van der Waals surface area contributed by atoms with Crippen molar-refractivity contribution in [3.63, 3.8) is 0 Å². The summed E-state index contributed by atoms with van der Waals surface area (Å²) in [5.74, 6) is 0.671. The molecule has 4 aromatic rings. The molecule has 1 heterocycles. The number of rotatable bonds is 7. The molecular weight excluding hydrogens is 437 g/mol. The van der Waals surface area contributed by atoms with Gasteiger partial charge >= 0.3 is 0 Å². The third-order valence-corrected chi connectivity index (χ3v) is 5.99. The van der Waals surface area contributed by atoms with E-state index in [0.29, 0.717) is 30.2 Å². The fourth-order valence-corrected chi connectivity index (χ4v) is 4.16. The van der Waals surface area contributed by atoms with Crippen LogP contribution in [0.4, 0.5) is 4.39 Å². The number of halogens is 2. The highest BCUT2D eigenvalue weighted by Gasteiger charge is 2.21. The van der Waals surface area contributed by atoms with E-state index >= 15 is 0 Å². The minimum absolute atomic E-state index is 0.0880. The first-order valence-electron chi connectivity index (χ1n) is 11.1. The van der Waals surface area contributed by atoms with E-state index in [0.717, 1.165) is 28.0 Å². The van der Waals surface area contributed by atoms with Crippen molar-refractivity contribution in [2.75, 3.05) is 6.54 Å². The van der Waals surface area contributed by atoms with Crippen molar-refractivity contribution in [3.05, 3.63) is 100 Å². The minimum Gasteiger partial charge on any atom is -0.331 e. The summed E-state index contributed by atoms with van der Waals surface area (Å²) >= 11 is 6.29. The van der Waals surface area contributed by atoms with Crippen LogP contribution in [0.15, 0.2) is 66.7 Å². The average Bonchev–Trinajstić information content (AvgIpc) is 3.11. The maximum Gasteiger partial charge on any atom is 0.254 e. The van der Waals surface area contributed by atoms with Crippen LogP contribution in [0.25, 0.3) is 11.0 Å². The van der Waals surface area contributed by atoms with Crippen molar-refractivity contribution in [2.24, 2.45) is 5.92 Å². The lowest BCUT2D eigenvalue weighted by molar-refractivity contribution is 0.0716. The summed E-state index contributed by atoms with van der Waals surface area (Å²) in [7, 11) is 0. The lowest BCUT2D eigenvalue weighted by Gasteiger charge is -2.25. The molecule has 1 aromatic heterocycles. The van der Waals surface area contributed by atoms with Crippen molar-refractivity contribution >= 4 is 28.5 Å². The number of nitrogens with zero attached hydrogens (tertiary/aromatic N) is 3. The number of benzene rings is 3. The molecule has 0 spiro atoms. The first-order valence-corrected chi connectivity index (χ1v) is 11.4.